The lowest BCUT2D eigenvalue weighted by Crippen LogP contribution is -2.42. The Hall–Kier alpha value is -0.940. The van der Waals surface area contributed by atoms with Crippen LogP contribution in [0.4, 0.5) is 0 Å². The summed E-state index contributed by atoms with van der Waals surface area (Å²) < 4.78 is 7.62. The Morgan fingerprint density at radius 3 is 3.11 bits per heavy atom. The molecule has 0 bridgehead atoms. The molecule has 5 nitrogen and oxygen atoms in total. The summed E-state index contributed by atoms with van der Waals surface area (Å²) in [5, 5.41) is 7.71. The fourth-order valence-corrected chi connectivity index (χ4v) is 2.56. The average molecular weight is 252 g/mol. The molecule has 1 fully saturated rings. The van der Waals surface area contributed by atoms with E-state index in [9.17, 15) is 0 Å². The van der Waals surface area contributed by atoms with Gasteiger partial charge in [0.2, 0.25) is 0 Å². The zero-order valence-corrected chi connectivity index (χ0v) is 11.6. The largest absolute Gasteiger partial charge is 0.381 e. The fraction of sp³-hybridized carbons (Fsp3) is 0.846. The predicted octanol–water partition coefficient (Wildman–Crippen LogP) is 1.10. The zero-order chi connectivity index (χ0) is 13.0. The van der Waals surface area contributed by atoms with E-state index in [4.69, 9.17) is 4.74 Å². The molecule has 0 spiro atoms. The Bertz CT molecular complexity index is 364. The van der Waals surface area contributed by atoms with E-state index in [1.165, 1.54) is 0 Å². The van der Waals surface area contributed by atoms with Gasteiger partial charge in [-0.05, 0) is 19.4 Å². The molecule has 1 aliphatic heterocycles. The van der Waals surface area contributed by atoms with Gasteiger partial charge in [-0.2, -0.15) is 5.10 Å². The van der Waals surface area contributed by atoms with Gasteiger partial charge >= 0.3 is 0 Å². The van der Waals surface area contributed by atoms with Crippen molar-refractivity contribution in [3.63, 3.8) is 0 Å². The van der Waals surface area contributed by atoms with Gasteiger partial charge in [-0.25, -0.2) is 9.67 Å². The van der Waals surface area contributed by atoms with Crippen molar-refractivity contribution in [3.05, 3.63) is 12.2 Å². The Kier molecular flexibility index (Phi) is 4.72. The molecule has 0 saturated carbocycles. The summed E-state index contributed by atoms with van der Waals surface area (Å²) in [6.07, 6.45) is 3.69. The molecule has 0 aliphatic carbocycles. The van der Waals surface area contributed by atoms with Crippen LogP contribution in [0.5, 0.6) is 0 Å². The molecular formula is C13H24N4O. The van der Waals surface area contributed by atoms with Crippen LogP contribution in [0.1, 0.15) is 26.1 Å². The van der Waals surface area contributed by atoms with Gasteiger partial charge in [-0.15, -0.1) is 0 Å². The minimum absolute atomic E-state index is 0.499. The van der Waals surface area contributed by atoms with Crippen LogP contribution >= 0.6 is 0 Å². The number of nitrogens with one attached hydrogen (secondary N) is 1. The van der Waals surface area contributed by atoms with Crippen LogP contribution in [-0.2, 0) is 17.7 Å². The summed E-state index contributed by atoms with van der Waals surface area (Å²) in [6, 6.07) is 0.531. The van der Waals surface area contributed by atoms with Crippen LogP contribution in [0, 0.1) is 11.8 Å². The number of nitrogens with zero attached hydrogens (tertiary/aromatic N) is 3. The first kappa shape index (κ1) is 13.5. The number of ether oxygens (including phenoxy) is 1. The monoisotopic (exact) mass is 252 g/mol. The Morgan fingerprint density at radius 1 is 1.56 bits per heavy atom. The van der Waals surface area contributed by atoms with Crippen molar-refractivity contribution < 1.29 is 4.74 Å². The maximum atomic E-state index is 5.59. The Labute approximate surface area is 109 Å². The minimum atomic E-state index is 0.499. The van der Waals surface area contributed by atoms with Crippen molar-refractivity contribution in [3.8, 4) is 0 Å². The maximum absolute atomic E-state index is 5.59. The Balaban J connectivity index is 2.01. The first-order valence-electron chi connectivity index (χ1n) is 6.82. The summed E-state index contributed by atoms with van der Waals surface area (Å²) in [7, 11) is 2.03. The second kappa shape index (κ2) is 6.29. The molecule has 2 heterocycles. The van der Waals surface area contributed by atoms with E-state index in [0.717, 1.165) is 38.4 Å². The molecular weight excluding hydrogens is 228 g/mol. The second-order valence-electron chi connectivity index (χ2n) is 5.48. The van der Waals surface area contributed by atoms with E-state index in [2.05, 4.69) is 29.2 Å². The van der Waals surface area contributed by atoms with E-state index < -0.39 is 0 Å². The van der Waals surface area contributed by atoms with Crippen LogP contribution in [0.2, 0.25) is 0 Å². The van der Waals surface area contributed by atoms with Gasteiger partial charge in [0.1, 0.15) is 12.2 Å². The van der Waals surface area contributed by atoms with Crippen LogP contribution in [0.15, 0.2) is 6.33 Å². The minimum Gasteiger partial charge on any atom is -0.381 e. The van der Waals surface area contributed by atoms with E-state index in [0.29, 0.717) is 17.9 Å². The van der Waals surface area contributed by atoms with Crippen molar-refractivity contribution in [2.24, 2.45) is 11.8 Å². The number of aromatic nitrogens is 3. The van der Waals surface area contributed by atoms with Crippen molar-refractivity contribution >= 4 is 0 Å². The van der Waals surface area contributed by atoms with Gasteiger partial charge in [0.05, 0.1) is 6.61 Å². The third kappa shape index (κ3) is 3.29. The number of hydrogen-bond donors (Lipinski definition) is 1. The molecule has 1 saturated heterocycles. The third-order valence-electron chi connectivity index (χ3n) is 3.52. The SMILES string of the molecule is CNC1CCOCC1Cc1ncnn1CC(C)C. The summed E-state index contributed by atoms with van der Waals surface area (Å²) in [6.45, 7) is 7.02. The molecule has 102 valence electrons. The molecule has 2 atom stereocenters. The number of hydrogen-bond acceptors (Lipinski definition) is 4. The summed E-state index contributed by atoms with van der Waals surface area (Å²) in [5.41, 5.74) is 0. The van der Waals surface area contributed by atoms with E-state index >= 15 is 0 Å². The third-order valence-corrected chi connectivity index (χ3v) is 3.52. The Morgan fingerprint density at radius 2 is 2.39 bits per heavy atom. The second-order valence-corrected chi connectivity index (χ2v) is 5.48. The highest BCUT2D eigenvalue weighted by atomic mass is 16.5. The van der Waals surface area contributed by atoms with Crippen molar-refractivity contribution in [1.82, 2.24) is 20.1 Å². The van der Waals surface area contributed by atoms with Gasteiger partial charge in [0.15, 0.2) is 0 Å². The summed E-state index contributed by atoms with van der Waals surface area (Å²) in [4.78, 5) is 4.40. The van der Waals surface area contributed by atoms with Crippen molar-refractivity contribution in [1.29, 1.82) is 0 Å². The summed E-state index contributed by atoms with van der Waals surface area (Å²) >= 11 is 0. The van der Waals surface area contributed by atoms with Crippen LogP contribution in [0.3, 0.4) is 0 Å². The molecule has 0 amide bonds. The maximum Gasteiger partial charge on any atom is 0.138 e. The lowest BCUT2D eigenvalue weighted by molar-refractivity contribution is 0.0330. The highest BCUT2D eigenvalue weighted by Gasteiger charge is 2.26. The molecule has 0 aromatic carbocycles. The van der Waals surface area contributed by atoms with Crippen LogP contribution < -0.4 is 5.32 Å². The van der Waals surface area contributed by atoms with Gasteiger partial charge < -0.3 is 10.1 Å². The smallest absolute Gasteiger partial charge is 0.138 e. The fourth-order valence-electron chi connectivity index (χ4n) is 2.56. The predicted molar refractivity (Wildman–Crippen MR) is 70.3 cm³/mol. The van der Waals surface area contributed by atoms with Crippen molar-refractivity contribution in [2.75, 3.05) is 20.3 Å². The van der Waals surface area contributed by atoms with E-state index in [-0.39, 0.29) is 0 Å². The molecule has 2 unspecified atom stereocenters. The average Bonchev–Trinajstić information content (AvgIpc) is 2.76. The van der Waals surface area contributed by atoms with Crippen LogP contribution in [-0.4, -0.2) is 41.1 Å². The first-order valence-corrected chi connectivity index (χ1v) is 6.82. The standard InChI is InChI=1S/C13H24N4O/c1-10(2)7-17-13(15-9-16-17)6-11-8-18-5-4-12(11)14-3/h9-12,14H,4-8H2,1-3H3. The lowest BCUT2D eigenvalue weighted by atomic mass is 9.92. The molecule has 0 radical (unpaired) electrons. The van der Waals surface area contributed by atoms with Gasteiger partial charge in [0.25, 0.3) is 0 Å². The normalized spacial score (nSPS) is 24.7. The first-order chi connectivity index (χ1) is 8.70. The molecule has 1 N–H and O–H groups in total. The highest BCUT2D eigenvalue weighted by Crippen LogP contribution is 2.18. The van der Waals surface area contributed by atoms with Gasteiger partial charge in [0, 0.05) is 31.5 Å². The van der Waals surface area contributed by atoms with Crippen LogP contribution in [0.25, 0.3) is 0 Å². The molecule has 1 aromatic heterocycles. The molecule has 1 aromatic rings. The molecule has 5 heteroatoms. The van der Waals surface area contributed by atoms with Crippen molar-refractivity contribution in [2.45, 2.75) is 39.3 Å². The molecule has 1 aliphatic rings. The van der Waals surface area contributed by atoms with Gasteiger partial charge in [-0.3, -0.25) is 0 Å². The van der Waals surface area contributed by atoms with E-state index in [1.807, 2.05) is 11.7 Å². The topological polar surface area (TPSA) is 52.0 Å². The molecule has 2 rings (SSSR count). The van der Waals surface area contributed by atoms with E-state index in [1.54, 1.807) is 6.33 Å². The zero-order valence-electron chi connectivity index (χ0n) is 11.6. The summed E-state index contributed by atoms with van der Waals surface area (Å²) in [5.74, 6) is 2.17. The quantitative estimate of drug-likeness (QED) is 0.852. The lowest BCUT2D eigenvalue weighted by Gasteiger charge is -2.31. The number of rotatable bonds is 5. The molecule has 18 heavy (non-hydrogen) atoms. The highest BCUT2D eigenvalue weighted by molar-refractivity contribution is 4.92. The van der Waals surface area contributed by atoms with Gasteiger partial charge in [-0.1, -0.05) is 13.8 Å².